The number of halogens is 1. The maximum Gasteiger partial charge on any atom is 0.326 e. The van der Waals surface area contributed by atoms with Crippen LogP contribution in [0, 0.1) is 5.92 Å². The van der Waals surface area contributed by atoms with Crippen LogP contribution in [0.3, 0.4) is 0 Å². The number of carboxylic acids is 1. The SMILES string of the molecule is CC(CSC(=O)c1ccc(Cl)cc1)C(=O)N1CCC[C@H]1C(=O)N[C@@H](Cc1ccccc1)C(=O)O. The summed E-state index contributed by atoms with van der Waals surface area (Å²) in [7, 11) is 0. The van der Waals surface area contributed by atoms with Crippen LogP contribution in [0.2, 0.25) is 5.02 Å². The molecule has 0 aromatic heterocycles. The second-order valence-electron chi connectivity index (χ2n) is 8.29. The molecule has 2 N–H and O–H groups in total. The zero-order valence-corrected chi connectivity index (χ0v) is 20.3. The standard InChI is InChI=1S/C25H27ClN2O5S/c1-16(15-34-25(33)18-9-11-19(26)12-10-18)23(30)28-13-5-8-21(28)22(29)27-20(24(31)32)14-17-6-3-2-4-7-17/h2-4,6-7,9-12,16,20-21H,5,8,13-15H2,1H3,(H,27,29)(H,31,32)/t16?,20-,21-/m0/s1. The molecule has 9 heteroatoms. The average Bonchev–Trinajstić information content (AvgIpc) is 3.32. The molecule has 180 valence electrons. The fourth-order valence-corrected chi connectivity index (χ4v) is 4.82. The highest BCUT2D eigenvalue weighted by Gasteiger charge is 2.37. The third-order valence-corrected chi connectivity index (χ3v) is 7.12. The van der Waals surface area contributed by atoms with Crippen molar-refractivity contribution in [1.82, 2.24) is 10.2 Å². The quantitative estimate of drug-likeness (QED) is 0.542. The first kappa shape index (κ1) is 25.8. The van der Waals surface area contributed by atoms with Gasteiger partial charge in [-0.3, -0.25) is 14.4 Å². The fraction of sp³-hybridized carbons (Fsp3) is 0.360. The predicted octanol–water partition coefficient (Wildman–Crippen LogP) is 3.65. The van der Waals surface area contributed by atoms with Gasteiger partial charge in [-0.25, -0.2) is 4.79 Å². The molecule has 0 aliphatic carbocycles. The fourth-order valence-electron chi connectivity index (χ4n) is 3.85. The Kier molecular flexibility index (Phi) is 9.12. The molecule has 0 saturated carbocycles. The number of nitrogens with one attached hydrogen (secondary N) is 1. The highest BCUT2D eigenvalue weighted by molar-refractivity contribution is 8.14. The van der Waals surface area contributed by atoms with E-state index in [-0.39, 0.29) is 23.2 Å². The smallest absolute Gasteiger partial charge is 0.326 e. The topological polar surface area (TPSA) is 104 Å². The van der Waals surface area contributed by atoms with Gasteiger partial charge in [0, 0.05) is 35.2 Å². The molecule has 3 atom stereocenters. The molecule has 1 heterocycles. The van der Waals surface area contributed by atoms with Crippen molar-refractivity contribution in [2.75, 3.05) is 12.3 Å². The first-order valence-corrected chi connectivity index (χ1v) is 12.4. The van der Waals surface area contributed by atoms with E-state index in [0.29, 0.717) is 30.0 Å². The Morgan fingerprint density at radius 3 is 2.44 bits per heavy atom. The number of carboxylic acid groups (broad SMARTS) is 1. The summed E-state index contributed by atoms with van der Waals surface area (Å²) in [5.41, 5.74) is 1.30. The van der Waals surface area contributed by atoms with Gasteiger partial charge in [0.1, 0.15) is 12.1 Å². The Balaban J connectivity index is 1.57. The summed E-state index contributed by atoms with van der Waals surface area (Å²) in [5, 5.41) is 12.6. The summed E-state index contributed by atoms with van der Waals surface area (Å²) in [4.78, 5) is 51.6. The highest BCUT2D eigenvalue weighted by atomic mass is 35.5. The molecule has 34 heavy (non-hydrogen) atoms. The summed E-state index contributed by atoms with van der Waals surface area (Å²) >= 11 is 6.90. The number of nitrogens with zero attached hydrogens (tertiary/aromatic N) is 1. The van der Waals surface area contributed by atoms with Crippen LogP contribution >= 0.6 is 23.4 Å². The van der Waals surface area contributed by atoms with Gasteiger partial charge in [0.25, 0.3) is 0 Å². The molecule has 0 spiro atoms. The van der Waals surface area contributed by atoms with Crippen LogP contribution < -0.4 is 5.32 Å². The van der Waals surface area contributed by atoms with E-state index in [1.165, 1.54) is 4.90 Å². The second-order valence-corrected chi connectivity index (χ2v) is 9.71. The number of carbonyl (C=O) groups is 4. The highest BCUT2D eigenvalue weighted by Crippen LogP contribution is 2.24. The van der Waals surface area contributed by atoms with E-state index in [0.717, 1.165) is 17.3 Å². The number of likely N-dealkylation sites (tertiary alicyclic amines) is 1. The maximum absolute atomic E-state index is 13.1. The van der Waals surface area contributed by atoms with E-state index >= 15 is 0 Å². The maximum atomic E-state index is 13.1. The van der Waals surface area contributed by atoms with Crippen LogP contribution in [0.25, 0.3) is 0 Å². The number of rotatable bonds is 9. The number of thioether (sulfide) groups is 1. The summed E-state index contributed by atoms with van der Waals surface area (Å²) in [6.07, 6.45) is 1.28. The molecule has 1 aliphatic rings. The van der Waals surface area contributed by atoms with Gasteiger partial charge in [0.15, 0.2) is 0 Å². The van der Waals surface area contributed by atoms with Gasteiger partial charge in [-0.2, -0.15) is 0 Å². The van der Waals surface area contributed by atoms with E-state index in [9.17, 15) is 24.3 Å². The second kappa shape index (κ2) is 12.0. The molecule has 0 radical (unpaired) electrons. The minimum absolute atomic E-state index is 0.155. The van der Waals surface area contributed by atoms with Crippen LogP contribution in [0.4, 0.5) is 0 Å². The van der Waals surface area contributed by atoms with Crippen molar-refractivity contribution >= 4 is 46.3 Å². The van der Waals surface area contributed by atoms with Crippen LogP contribution in [-0.4, -0.2) is 57.3 Å². The number of aliphatic carboxylic acids is 1. The van der Waals surface area contributed by atoms with Crippen molar-refractivity contribution in [1.29, 1.82) is 0 Å². The Hall–Kier alpha value is -2.84. The number of amides is 2. The minimum Gasteiger partial charge on any atom is -0.480 e. The molecule has 1 saturated heterocycles. The molecule has 1 fully saturated rings. The van der Waals surface area contributed by atoms with Crippen LogP contribution in [-0.2, 0) is 20.8 Å². The van der Waals surface area contributed by atoms with Crippen molar-refractivity contribution in [3.05, 3.63) is 70.7 Å². The number of benzene rings is 2. The summed E-state index contributed by atoms with van der Waals surface area (Å²) < 4.78 is 0. The minimum atomic E-state index is -1.13. The van der Waals surface area contributed by atoms with Gasteiger partial charge in [-0.15, -0.1) is 0 Å². The molecule has 3 rings (SSSR count). The third kappa shape index (κ3) is 6.84. The van der Waals surface area contributed by atoms with Crippen LogP contribution in [0.5, 0.6) is 0 Å². The Bertz CT molecular complexity index is 1030. The lowest BCUT2D eigenvalue weighted by Crippen LogP contribution is -2.52. The van der Waals surface area contributed by atoms with E-state index in [2.05, 4.69) is 5.32 Å². The lowest BCUT2D eigenvalue weighted by Gasteiger charge is -2.27. The van der Waals surface area contributed by atoms with Gasteiger partial charge in [-0.1, -0.05) is 60.6 Å². The summed E-state index contributed by atoms with van der Waals surface area (Å²) in [5.74, 6) is -2.01. The largest absolute Gasteiger partial charge is 0.480 e. The Labute approximate surface area is 207 Å². The number of hydrogen-bond acceptors (Lipinski definition) is 5. The molecule has 2 aromatic carbocycles. The summed E-state index contributed by atoms with van der Waals surface area (Å²) in [6.45, 7) is 2.15. The van der Waals surface area contributed by atoms with Crippen molar-refractivity contribution in [2.45, 2.75) is 38.3 Å². The van der Waals surface area contributed by atoms with Crippen molar-refractivity contribution in [3.8, 4) is 0 Å². The summed E-state index contributed by atoms with van der Waals surface area (Å²) in [6, 6.07) is 13.8. The average molecular weight is 503 g/mol. The molecule has 0 bridgehead atoms. The number of hydrogen-bond donors (Lipinski definition) is 2. The van der Waals surface area contributed by atoms with Gasteiger partial charge in [0.05, 0.1) is 0 Å². The van der Waals surface area contributed by atoms with Crippen LogP contribution in [0.1, 0.15) is 35.7 Å². The molecule has 2 aromatic rings. The molecular weight excluding hydrogens is 476 g/mol. The Morgan fingerprint density at radius 2 is 1.79 bits per heavy atom. The van der Waals surface area contributed by atoms with E-state index in [4.69, 9.17) is 11.6 Å². The molecular formula is C25H27ClN2O5S. The Morgan fingerprint density at radius 1 is 1.12 bits per heavy atom. The van der Waals surface area contributed by atoms with Crippen molar-refractivity contribution in [3.63, 3.8) is 0 Å². The monoisotopic (exact) mass is 502 g/mol. The van der Waals surface area contributed by atoms with E-state index in [1.54, 1.807) is 43.3 Å². The zero-order valence-electron chi connectivity index (χ0n) is 18.8. The van der Waals surface area contributed by atoms with Gasteiger partial charge < -0.3 is 15.3 Å². The molecule has 1 aliphatic heterocycles. The first-order valence-electron chi connectivity index (χ1n) is 11.1. The first-order chi connectivity index (χ1) is 16.3. The lowest BCUT2D eigenvalue weighted by molar-refractivity contribution is -0.144. The zero-order chi connectivity index (χ0) is 24.7. The predicted molar refractivity (Wildman–Crippen MR) is 132 cm³/mol. The third-order valence-electron chi connectivity index (χ3n) is 5.70. The molecule has 7 nitrogen and oxygen atoms in total. The molecule has 1 unspecified atom stereocenters. The lowest BCUT2D eigenvalue weighted by atomic mass is 10.1. The van der Waals surface area contributed by atoms with Crippen molar-refractivity contribution in [2.24, 2.45) is 5.92 Å². The van der Waals surface area contributed by atoms with E-state index < -0.39 is 29.9 Å². The molecule has 2 amide bonds. The van der Waals surface area contributed by atoms with Gasteiger partial charge >= 0.3 is 5.97 Å². The normalized spacial score (nSPS) is 17.1. The van der Waals surface area contributed by atoms with Crippen LogP contribution in [0.15, 0.2) is 54.6 Å². The van der Waals surface area contributed by atoms with Gasteiger partial charge in [-0.05, 0) is 42.7 Å². The van der Waals surface area contributed by atoms with Crippen molar-refractivity contribution < 1.29 is 24.3 Å². The van der Waals surface area contributed by atoms with E-state index in [1.807, 2.05) is 18.2 Å². The van der Waals surface area contributed by atoms with Gasteiger partial charge in [0.2, 0.25) is 16.9 Å². The number of carbonyl (C=O) groups excluding carboxylic acids is 3.